The Morgan fingerprint density at radius 2 is 1.88 bits per heavy atom. The molecule has 6 heteroatoms. The number of benzene rings is 1. The van der Waals surface area contributed by atoms with Gasteiger partial charge in [0.05, 0.1) is 0 Å². The maximum atomic E-state index is 12.9. The average molecular weight is 347 g/mol. The molecule has 0 saturated carbocycles. The molecule has 2 fully saturated rings. The third-order valence-electron chi connectivity index (χ3n) is 5.72. The Balaban J connectivity index is 1.30. The number of rotatable bonds is 2. The highest BCUT2D eigenvalue weighted by Crippen LogP contribution is 2.33. The number of anilines is 1. The van der Waals surface area contributed by atoms with Crippen LogP contribution in [0.4, 0.5) is 5.95 Å². The van der Waals surface area contributed by atoms with Gasteiger partial charge in [-0.1, -0.05) is 18.2 Å². The quantitative estimate of drug-likeness (QED) is 0.773. The van der Waals surface area contributed by atoms with Gasteiger partial charge in [-0.05, 0) is 24.6 Å². The molecule has 0 spiro atoms. The van der Waals surface area contributed by atoms with Crippen LogP contribution in [0.1, 0.15) is 15.9 Å². The molecule has 2 aromatic heterocycles. The van der Waals surface area contributed by atoms with E-state index in [4.69, 9.17) is 0 Å². The first kappa shape index (κ1) is 15.4. The van der Waals surface area contributed by atoms with E-state index in [1.807, 2.05) is 54.5 Å². The molecule has 2 saturated heterocycles. The Bertz CT molecular complexity index is 967. The standard InChI is InChI=1S/C20H21N5O/c1-13-4-2-3-5-17(13)19(26)24-9-15-11-25(12-16(15)10-24)20-22-8-14-6-7-21-18(14)23-20/h2-8,15-16H,9-12H2,1H3,(H,21,22,23)/t15-,16+. The number of carbonyl (C=O) groups is 1. The molecule has 132 valence electrons. The predicted octanol–water partition coefficient (Wildman–Crippen LogP) is 2.47. The summed E-state index contributed by atoms with van der Waals surface area (Å²) >= 11 is 0. The number of carbonyl (C=O) groups excluding carboxylic acids is 1. The molecule has 3 aromatic rings. The van der Waals surface area contributed by atoms with Crippen LogP contribution in [-0.2, 0) is 0 Å². The Labute approximate surface area is 151 Å². The molecule has 1 N–H and O–H groups in total. The fourth-order valence-electron chi connectivity index (χ4n) is 4.29. The number of aryl methyl sites for hydroxylation is 1. The van der Waals surface area contributed by atoms with Gasteiger partial charge in [0.15, 0.2) is 0 Å². The van der Waals surface area contributed by atoms with E-state index in [0.717, 1.165) is 54.3 Å². The topological polar surface area (TPSA) is 65.1 Å². The van der Waals surface area contributed by atoms with E-state index in [2.05, 4.69) is 19.9 Å². The highest BCUT2D eigenvalue weighted by atomic mass is 16.2. The second-order valence-electron chi connectivity index (χ2n) is 7.40. The van der Waals surface area contributed by atoms with Gasteiger partial charge in [0, 0.05) is 61.4 Å². The lowest BCUT2D eigenvalue weighted by atomic mass is 10.0. The summed E-state index contributed by atoms with van der Waals surface area (Å²) in [5.74, 6) is 1.93. The smallest absolute Gasteiger partial charge is 0.254 e. The zero-order valence-electron chi connectivity index (χ0n) is 14.7. The SMILES string of the molecule is Cc1ccccc1C(=O)N1C[C@@H]2CN(c3ncc4cc[nH]c4n3)C[C@@H]2C1. The van der Waals surface area contributed by atoms with Crippen molar-refractivity contribution < 1.29 is 4.79 Å². The van der Waals surface area contributed by atoms with Crippen molar-refractivity contribution in [1.29, 1.82) is 0 Å². The molecule has 0 radical (unpaired) electrons. The minimum Gasteiger partial charge on any atom is -0.346 e. The lowest BCUT2D eigenvalue weighted by Crippen LogP contribution is -2.34. The van der Waals surface area contributed by atoms with Crippen LogP contribution < -0.4 is 4.90 Å². The Morgan fingerprint density at radius 1 is 1.12 bits per heavy atom. The van der Waals surface area contributed by atoms with Crippen LogP contribution in [0.3, 0.4) is 0 Å². The molecule has 5 rings (SSSR count). The highest BCUT2D eigenvalue weighted by molar-refractivity contribution is 5.95. The number of H-pyrrole nitrogens is 1. The van der Waals surface area contributed by atoms with E-state index in [9.17, 15) is 4.79 Å². The molecule has 2 aliphatic rings. The third-order valence-corrected chi connectivity index (χ3v) is 5.72. The lowest BCUT2D eigenvalue weighted by molar-refractivity contribution is 0.0782. The molecule has 2 aliphatic heterocycles. The number of amides is 1. The normalized spacial score (nSPS) is 22.2. The van der Waals surface area contributed by atoms with Crippen molar-refractivity contribution in [2.75, 3.05) is 31.1 Å². The number of likely N-dealkylation sites (tertiary alicyclic amines) is 1. The fourth-order valence-corrected chi connectivity index (χ4v) is 4.29. The summed E-state index contributed by atoms with van der Waals surface area (Å²) < 4.78 is 0. The van der Waals surface area contributed by atoms with Crippen LogP contribution >= 0.6 is 0 Å². The lowest BCUT2D eigenvalue weighted by Gasteiger charge is -2.22. The van der Waals surface area contributed by atoms with Gasteiger partial charge in [-0.15, -0.1) is 0 Å². The zero-order valence-corrected chi connectivity index (χ0v) is 14.7. The van der Waals surface area contributed by atoms with Gasteiger partial charge < -0.3 is 14.8 Å². The van der Waals surface area contributed by atoms with E-state index in [1.165, 1.54) is 0 Å². The van der Waals surface area contributed by atoms with Crippen LogP contribution in [-0.4, -0.2) is 51.9 Å². The largest absolute Gasteiger partial charge is 0.346 e. The first-order valence-corrected chi connectivity index (χ1v) is 9.09. The second kappa shape index (κ2) is 5.83. The van der Waals surface area contributed by atoms with Crippen LogP contribution in [0.15, 0.2) is 42.7 Å². The summed E-state index contributed by atoms with van der Waals surface area (Å²) in [6.45, 7) is 5.46. The summed E-state index contributed by atoms with van der Waals surface area (Å²) in [5.41, 5.74) is 2.75. The summed E-state index contributed by atoms with van der Waals surface area (Å²) in [7, 11) is 0. The van der Waals surface area contributed by atoms with Crippen molar-refractivity contribution in [3.05, 3.63) is 53.9 Å². The number of fused-ring (bicyclic) bond motifs is 2. The first-order chi connectivity index (χ1) is 12.7. The zero-order chi connectivity index (χ0) is 17.7. The monoisotopic (exact) mass is 347 g/mol. The molecule has 1 amide bonds. The molecule has 1 aromatic carbocycles. The van der Waals surface area contributed by atoms with Gasteiger partial charge in [0.25, 0.3) is 5.91 Å². The average Bonchev–Trinajstić information content (AvgIpc) is 3.35. The summed E-state index contributed by atoms with van der Waals surface area (Å²) in [6, 6.07) is 9.82. The van der Waals surface area contributed by atoms with Gasteiger partial charge in [0.1, 0.15) is 5.65 Å². The van der Waals surface area contributed by atoms with Crippen LogP contribution in [0, 0.1) is 18.8 Å². The fraction of sp³-hybridized carbons (Fsp3) is 0.350. The van der Waals surface area contributed by atoms with E-state index in [0.29, 0.717) is 11.8 Å². The van der Waals surface area contributed by atoms with E-state index < -0.39 is 0 Å². The summed E-state index contributed by atoms with van der Waals surface area (Å²) in [5, 5.41) is 1.03. The molecule has 0 bridgehead atoms. The summed E-state index contributed by atoms with van der Waals surface area (Å²) in [4.78, 5) is 29.4. The van der Waals surface area contributed by atoms with Crippen LogP contribution in [0.5, 0.6) is 0 Å². The minimum absolute atomic E-state index is 0.160. The number of nitrogens with zero attached hydrogens (tertiary/aromatic N) is 4. The van der Waals surface area contributed by atoms with Gasteiger partial charge in [-0.3, -0.25) is 4.79 Å². The number of nitrogens with one attached hydrogen (secondary N) is 1. The van der Waals surface area contributed by atoms with Crippen molar-refractivity contribution >= 4 is 22.9 Å². The molecule has 4 heterocycles. The van der Waals surface area contributed by atoms with Gasteiger partial charge >= 0.3 is 0 Å². The van der Waals surface area contributed by atoms with Crippen molar-refractivity contribution in [3.8, 4) is 0 Å². The number of aromatic nitrogens is 3. The van der Waals surface area contributed by atoms with Crippen molar-refractivity contribution in [1.82, 2.24) is 19.9 Å². The molecule has 6 nitrogen and oxygen atoms in total. The first-order valence-electron chi connectivity index (χ1n) is 9.09. The Hall–Kier alpha value is -2.89. The third kappa shape index (κ3) is 2.44. The van der Waals surface area contributed by atoms with Crippen molar-refractivity contribution in [3.63, 3.8) is 0 Å². The second-order valence-corrected chi connectivity index (χ2v) is 7.40. The summed E-state index contributed by atoms with van der Waals surface area (Å²) in [6.07, 6.45) is 3.76. The maximum absolute atomic E-state index is 12.9. The van der Waals surface area contributed by atoms with Crippen LogP contribution in [0.2, 0.25) is 0 Å². The van der Waals surface area contributed by atoms with E-state index in [-0.39, 0.29) is 5.91 Å². The number of hydrogen-bond donors (Lipinski definition) is 1. The van der Waals surface area contributed by atoms with E-state index in [1.54, 1.807) is 0 Å². The Morgan fingerprint density at radius 3 is 2.65 bits per heavy atom. The number of aromatic amines is 1. The van der Waals surface area contributed by atoms with Gasteiger partial charge in [-0.2, -0.15) is 4.98 Å². The molecule has 0 unspecified atom stereocenters. The van der Waals surface area contributed by atoms with E-state index >= 15 is 0 Å². The Kier molecular flexibility index (Phi) is 3.45. The van der Waals surface area contributed by atoms with Gasteiger partial charge in [-0.25, -0.2) is 4.98 Å². The minimum atomic E-state index is 0.160. The maximum Gasteiger partial charge on any atom is 0.254 e. The number of hydrogen-bond acceptors (Lipinski definition) is 4. The van der Waals surface area contributed by atoms with Crippen molar-refractivity contribution in [2.24, 2.45) is 11.8 Å². The molecular weight excluding hydrogens is 326 g/mol. The predicted molar refractivity (Wildman–Crippen MR) is 100 cm³/mol. The molecule has 2 atom stereocenters. The van der Waals surface area contributed by atoms with Crippen LogP contribution in [0.25, 0.3) is 11.0 Å². The molecule has 0 aliphatic carbocycles. The highest BCUT2D eigenvalue weighted by Gasteiger charge is 2.42. The molecular formula is C20H21N5O. The van der Waals surface area contributed by atoms with Gasteiger partial charge in [0.2, 0.25) is 5.95 Å². The van der Waals surface area contributed by atoms with Crippen molar-refractivity contribution in [2.45, 2.75) is 6.92 Å². The molecule has 26 heavy (non-hydrogen) atoms.